The molecule has 2 amide bonds. The second kappa shape index (κ2) is 8.82. The minimum Gasteiger partial charge on any atom is -0.444 e. The molecule has 0 aliphatic carbocycles. The Bertz CT molecular complexity index is 1390. The molecule has 0 N–H and O–H groups in total. The zero-order valence-corrected chi connectivity index (χ0v) is 21.4. The molecule has 2 aliphatic rings. The molecule has 9 heteroatoms. The highest BCUT2D eigenvalue weighted by molar-refractivity contribution is 6.31. The maximum Gasteiger partial charge on any atom is 0.410 e. The number of unbranched alkanes of at least 4 members (excludes halogenated alkanes) is 1. The van der Waals surface area contributed by atoms with Crippen molar-refractivity contribution < 1.29 is 14.3 Å². The number of carbonyl (C=O) groups is 2. The molecule has 0 atom stereocenters. The predicted octanol–water partition coefficient (Wildman–Crippen LogP) is 5.03. The molecule has 2 aromatic carbocycles. The molecule has 1 saturated heterocycles. The number of imidazole rings is 1. The van der Waals surface area contributed by atoms with Crippen molar-refractivity contribution >= 4 is 40.3 Å². The Balaban J connectivity index is 1.46. The number of anilines is 1. The van der Waals surface area contributed by atoms with Crippen LogP contribution in [0.25, 0.3) is 11.0 Å². The topological polar surface area (TPSA) is 91.5 Å². The van der Waals surface area contributed by atoms with Crippen LogP contribution in [0.3, 0.4) is 0 Å². The van der Waals surface area contributed by atoms with Gasteiger partial charge in [-0.1, -0.05) is 29.8 Å². The number of para-hydroxylation sites is 1. The lowest BCUT2D eigenvalue weighted by Crippen LogP contribution is -2.65. The predicted molar refractivity (Wildman–Crippen MR) is 137 cm³/mol. The Morgan fingerprint density at radius 1 is 1.22 bits per heavy atom. The van der Waals surface area contributed by atoms with E-state index in [9.17, 15) is 9.59 Å². The number of aromatic nitrogens is 2. The van der Waals surface area contributed by atoms with Gasteiger partial charge in [-0.3, -0.25) is 4.79 Å². The normalized spacial score (nSPS) is 16.2. The van der Waals surface area contributed by atoms with Gasteiger partial charge in [0.1, 0.15) is 16.8 Å². The van der Waals surface area contributed by atoms with Crippen LogP contribution < -0.4 is 4.90 Å². The van der Waals surface area contributed by atoms with Crippen LogP contribution in [0.15, 0.2) is 42.5 Å². The smallest absolute Gasteiger partial charge is 0.410 e. The number of nitriles is 1. The number of ether oxygens (including phenoxy) is 1. The molecule has 186 valence electrons. The maximum atomic E-state index is 13.9. The van der Waals surface area contributed by atoms with E-state index in [1.165, 1.54) is 0 Å². The van der Waals surface area contributed by atoms with E-state index in [2.05, 4.69) is 10.6 Å². The van der Waals surface area contributed by atoms with Crippen molar-refractivity contribution in [3.63, 3.8) is 0 Å². The summed E-state index contributed by atoms with van der Waals surface area (Å²) >= 11 is 6.21. The van der Waals surface area contributed by atoms with Crippen LogP contribution in [0.4, 0.5) is 10.5 Å². The number of aryl methyl sites for hydroxylation is 1. The molecule has 3 aromatic rings. The third-order valence-corrected chi connectivity index (χ3v) is 6.93. The fourth-order valence-electron chi connectivity index (χ4n) is 5.10. The molecule has 1 spiro atoms. The maximum absolute atomic E-state index is 13.9. The first kappa shape index (κ1) is 24.1. The molecular weight excluding hydrogens is 478 g/mol. The number of hydrogen-bond donors (Lipinski definition) is 0. The standard InChI is InChI=1S/C27H28ClN5O3/c1-26(2,3)36-25(35)31-16-27(17-31)19-8-4-5-9-21(19)33(24(27)34)15-23-30-20-14-18(28)10-11-22(20)32(23)13-7-6-12-29/h4-5,8-11,14H,6-7,13,15-17H2,1-3H3. The van der Waals surface area contributed by atoms with Gasteiger partial charge in [-0.2, -0.15) is 5.26 Å². The minimum atomic E-state index is -0.783. The van der Waals surface area contributed by atoms with Gasteiger partial charge in [0.2, 0.25) is 5.91 Å². The summed E-state index contributed by atoms with van der Waals surface area (Å²) < 4.78 is 7.58. The number of halogens is 1. The summed E-state index contributed by atoms with van der Waals surface area (Å²) in [6.45, 7) is 6.94. The Morgan fingerprint density at radius 3 is 2.69 bits per heavy atom. The first-order valence-electron chi connectivity index (χ1n) is 12.0. The first-order valence-corrected chi connectivity index (χ1v) is 12.4. The lowest BCUT2D eigenvalue weighted by Gasteiger charge is -2.46. The Kier molecular flexibility index (Phi) is 5.92. The molecule has 0 saturated carbocycles. The molecular formula is C27H28ClN5O3. The highest BCUT2D eigenvalue weighted by Gasteiger charge is 2.59. The van der Waals surface area contributed by atoms with Crippen molar-refractivity contribution in [2.75, 3.05) is 18.0 Å². The Morgan fingerprint density at radius 2 is 1.97 bits per heavy atom. The third-order valence-electron chi connectivity index (χ3n) is 6.70. The van der Waals surface area contributed by atoms with Crippen molar-refractivity contribution in [1.29, 1.82) is 5.26 Å². The van der Waals surface area contributed by atoms with Gasteiger partial charge in [0.25, 0.3) is 0 Å². The fraction of sp³-hybridized carbons (Fsp3) is 0.407. The van der Waals surface area contributed by atoms with Crippen LogP contribution >= 0.6 is 11.6 Å². The van der Waals surface area contributed by atoms with Gasteiger partial charge in [-0.05, 0) is 57.0 Å². The van der Waals surface area contributed by atoms with Crippen LogP contribution in [-0.4, -0.2) is 45.1 Å². The van der Waals surface area contributed by atoms with Crippen molar-refractivity contribution in [1.82, 2.24) is 14.5 Å². The number of nitrogens with zero attached hydrogens (tertiary/aromatic N) is 5. The molecule has 3 heterocycles. The zero-order chi connectivity index (χ0) is 25.7. The average molecular weight is 506 g/mol. The second-order valence-electron chi connectivity index (χ2n) is 10.4. The highest BCUT2D eigenvalue weighted by Crippen LogP contribution is 2.48. The van der Waals surface area contributed by atoms with E-state index >= 15 is 0 Å². The second-order valence-corrected chi connectivity index (χ2v) is 10.8. The molecule has 5 rings (SSSR count). The van der Waals surface area contributed by atoms with Crippen LogP contribution in [0.2, 0.25) is 5.02 Å². The summed E-state index contributed by atoms with van der Waals surface area (Å²) in [7, 11) is 0. The van der Waals surface area contributed by atoms with Crippen molar-refractivity contribution in [3.8, 4) is 6.07 Å². The van der Waals surface area contributed by atoms with Crippen LogP contribution in [0.5, 0.6) is 0 Å². The summed E-state index contributed by atoms with van der Waals surface area (Å²) in [4.78, 5) is 34.7. The summed E-state index contributed by atoms with van der Waals surface area (Å²) in [6.07, 6.45) is 0.701. The largest absolute Gasteiger partial charge is 0.444 e. The van der Waals surface area contributed by atoms with Crippen molar-refractivity contribution in [2.45, 2.75) is 57.7 Å². The lowest BCUT2D eigenvalue weighted by atomic mass is 9.75. The van der Waals surface area contributed by atoms with E-state index in [0.29, 0.717) is 24.4 Å². The number of fused-ring (bicyclic) bond motifs is 3. The first-order chi connectivity index (χ1) is 17.1. The molecule has 0 radical (unpaired) electrons. The molecule has 0 bridgehead atoms. The molecule has 1 fully saturated rings. The van der Waals surface area contributed by atoms with Crippen LogP contribution in [0.1, 0.15) is 45.0 Å². The number of hydrogen-bond acceptors (Lipinski definition) is 5. The molecule has 0 unspecified atom stereocenters. The Hall–Kier alpha value is -3.57. The van der Waals surface area contributed by atoms with Gasteiger partial charge in [0, 0.05) is 36.8 Å². The van der Waals surface area contributed by atoms with Gasteiger partial charge >= 0.3 is 6.09 Å². The fourth-order valence-corrected chi connectivity index (χ4v) is 5.27. The minimum absolute atomic E-state index is 0.0443. The van der Waals surface area contributed by atoms with Crippen LogP contribution in [0, 0.1) is 11.3 Å². The number of benzene rings is 2. The number of carbonyl (C=O) groups excluding carboxylic acids is 2. The van der Waals surface area contributed by atoms with Crippen molar-refractivity contribution in [2.24, 2.45) is 0 Å². The summed E-state index contributed by atoms with van der Waals surface area (Å²) in [5.74, 6) is 0.686. The third kappa shape index (κ3) is 4.07. The van der Waals surface area contributed by atoms with E-state index in [1.54, 1.807) is 9.80 Å². The van der Waals surface area contributed by atoms with Gasteiger partial charge in [-0.25, -0.2) is 9.78 Å². The van der Waals surface area contributed by atoms with E-state index in [4.69, 9.17) is 26.6 Å². The lowest BCUT2D eigenvalue weighted by molar-refractivity contribution is -0.129. The van der Waals surface area contributed by atoms with E-state index < -0.39 is 17.1 Å². The van der Waals surface area contributed by atoms with Gasteiger partial charge in [0.15, 0.2) is 0 Å². The van der Waals surface area contributed by atoms with Gasteiger partial charge in [0.05, 0.1) is 23.6 Å². The van der Waals surface area contributed by atoms with Crippen molar-refractivity contribution in [3.05, 3.63) is 58.9 Å². The number of likely N-dealkylation sites (tertiary alicyclic amines) is 1. The summed E-state index contributed by atoms with van der Waals surface area (Å²) in [5, 5.41) is 9.61. The highest BCUT2D eigenvalue weighted by atomic mass is 35.5. The molecule has 2 aliphatic heterocycles. The SMILES string of the molecule is CC(C)(C)OC(=O)N1CC2(C1)C(=O)N(Cc1nc3cc(Cl)ccc3n1CCCC#N)c1ccccc12. The van der Waals surface area contributed by atoms with E-state index in [1.807, 2.05) is 63.2 Å². The molecule has 1 aromatic heterocycles. The Labute approximate surface area is 215 Å². The average Bonchev–Trinajstić information content (AvgIpc) is 3.24. The van der Waals surface area contributed by atoms with E-state index in [-0.39, 0.29) is 25.5 Å². The summed E-state index contributed by atoms with van der Waals surface area (Å²) in [6, 6.07) is 15.5. The zero-order valence-electron chi connectivity index (χ0n) is 20.6. The van der Waals surface area contributed by atoms with Crippen LogP contribution in [-0.2, 0) is 28.0 Å². The number of rotatable bonds is 5. The van der Waals surface area contributed by atoms with E-state index in [0.717, 1.165) is 28.1 Å². The van der Waals surface area contributed by atoms with Gasteiger partial charge < -0.3 is 19.1 Å². The quantitative estimate of drug-likeness (QED) is 0.453. The van der Waals surface area contributed by atoms with Gasteiger partial charge in [-0.15, -0.1) is 0 Å². The number of amides is 2. The molecule has 36 heavy (non-hydrogen) atoms. The molecule has 8 nitrogen and oxygen atoms in total. The summed E-state index contributed by atoms with van der Waals surface area (Å²) in [5.41, 5.74) is 2.04. The monoisotopic (exact) mass is 505 g/mol.